The fraction of sp³-hybridized carbons (Fsp3) is 0.455. The topological polar surface area (TPSA) is 0 Å². The summed E-state index contributed by atoms with van der Waals surface area (Å²) in [6.45, 7) is 4.64. The molecule has 0 N–H and O–H groups in total. The van der Waals surface area contributed by atoms with E-state index in [0.717, 1.165) is 17.0 Å². The molecule has 0 aromatic heterocycles. The van der Waals surface area contributed by atoms with Crippen LogP contribution in [-0.2, 0) is 0 Å². The zero-order chi connectivity index (χ0) is 17.8. The quantitative estimate of drug-likeness (QED) is 0.503. The minimum absolute atomic E-state index is 0.119. The molecule has 0 atom stereocenters. The van der Waals surface area contributed by atoms with Crippen molar-refractivity contribution >= 4 is 8.80 Å². The van der Waals surface area contributed by atoms with Gasteiger partial charge < -0.3 is 0 Å². The van der Waals surface area contributed by atoms with Gasteiger partial charge in [-0.25, -0.2) is 8.78 Å². The minimum atomic E-state index is -0.794. The zero-order valence-electron chi connectivity index (χ0n) is 15.2. The Bertz CT molecular complexity index is 686. The van der Waals surface area contributed by atoms with Crippen molar-refractivity contribution in [1.82, 2.24) is 0 Å². The van der Waals surface area contributed by atoms with Crippen molar-refractivity contribution in [2.45, 2.75) is 57.2 Å². The first-order valence-electron chi connectivity index (χ1n) is 9.42. The number of rotatable bonds is 5. The van der Waals surface area contributed by atoms with Gasteiger partial charge in [0.05, 0.1) is 0 Å². The highest BCUT2D eigenvalue weighted by Gasteiger charge is 2.23. The maximum Gasteiger partial charge on any atom is 0.159 e. The SMILES string of the molecule is CC(C)CC[Si]1CCC(c2ccc(-c3ccc(F)c(F)c3)cc2)CC1. The smallest absolute Gasteiger partial charge is 0.159 e. The molecule has 1 heterocycles. The molecule has 1 radical (unpaired) electrons. The highest BCUT2D eigenvalue weighted by atomic mass is 28.3. The van der Waals surface area contributed by atoms with Gasteiger partial charge in [-0.05, 0) is 53.5 Å². The van der Waals surface area contributed by atoms with Crippen LogP contribution in [0.4, 0.5) is 8.78 Å². The largest absolute Gasteiger partial charge is 0.204 e. The Morgan fingerprint density at radius 2 is 1.56 bits per heavy atom. The molecule has 25 heavy (non-hydrogen) atoms. The van der Waals surface area contributed by atoms with Crippen molar-refractivity contribution in [3.05, 3.63) is 59.7 Å². The molecule has 1 saturated heterocycles. The van der Waals surface area contributed by atoms with Crippen LogP contribution in [0.15, 0.2) is 42.5 Å². The molecule has 0 amide bonds. The molecule has 1 aliphatic heterocycles. The number of hydrogen-bond donors (Lipinski definition) is 0. The summed E-state index contributed by atoms with van der Waals surface area (Å²) in [5.74, 6) is -0.0755. The third-order valence-corrected chi connectivity index (χ3v) is 8.39. The molecule has 2 aromatic carbocycles. The summed E-state index contributed by atoms with van der Waals surface area (Å²) in [7, 11) is -0.119. The van der Waals surface area contributed by atoms with E-state index < -0.39 is 11.6 Å². The van der Waals surface area contributed by atoms with E-state index in [-0.39, 0.29) is 8.80 Å². The van der Waals surface area contributed by atoms with Gasteiger partial charge in [0, 0.05) is 8.80 Å². The fourth-order valence-corrected chi connectivity index (χ4v) is 6.97. The number of hydrogen-bond acceptors (Lipinski definition) is 0. The van der Waals surface area contributed by atoms with E-state index in [1.807, 2.05) is 12.1 Å². The summed E-state index contributed by atoms with van der Waals surface area (Å²) in [6, 6.07) is 16.9. The lowest BCUT2D eigenvalue weighted by Crippen LogP contribution is -2.20. The van der Waals surface area contributed by atoms with Gasteiger partial charge >= 0.3 is 0 Å². The molecule has 0 spiro atoms. The van der Waals surface area contributed by atoms with Crippen molar-refractivity contribution in [2.75, 3.05) is 0 Å². The molecule has 1 fully saturated rings. The van der Waals surface area contributed by atoms with Gasteiger partial charge in [-0.15, -0.1) is 0 Å². The monoisotopic (exact) mass is 357 g/mol. The minimum Gasteiger partial charge on any atom is -0.204 e. The van der Waals surface area contributed by atoms with Crippen LogP contribution in [-0.4, -0.2) is 8.80 Å². The van der Waals surface area contributed by atoms with E-state index in [1.54, 1.807) is 6.07 Å². The molecule has 0 aliphatic carbocycles. The molecule has 0 bridgehead atoms. The molecular formula is C22H27F2Si. The first kappa shape index (κ1) is 18.3. The normalized spacial score (nSPS) is 16.5. The number of halogens is 2. The maximum atomic E-state index is 13.4. The molecule has 3 heteroatoms. The summed E-state index contributed by atoms with van der Waals surface area (Å²) in [4.78, 5) is 0. The van der Waals surface area contributed by atoms with Crippen LogP contribution in [0.1, 0.15) is 44.6 Å². The maximum absolute atomic E-state index is 13.4. The zero-order valence-corrected chi connectivity index (χ0v) is 16.2. The third kappa shape index (κ3) is 4.78. The van der Waals surface area contributed by atoms with Crippen LogP contribution in [0.25, 0.3) is 11.1 Å². The summed E-state index contributed by atoms with van der Waals surface area (Å²) in [5.41, 5.74) is 3.07. The van der Waals surface area contributed by atoms with Gasteiger partial charge in [-0.2, -0.15) is 0 Å². The molecule has 0 nitrogen and oxygen atoms in total. The fourth-order valence-electron chi connectivity index (χ4n) is 3.73. The second-order valence-electron chi connectivity index (χ2n) is 7.71. The number of benzene rings is 2. The first-order valence-corrected chi connectivity index (χ1v) is 11.5. The molecular weight excluding hydrogens is 330 g/mol. The van der Waals surface area contributed by atoms with Crippen LogP contribution in [0.3, 0.4) is 0 Å². The Kier molecular flexibility index (Phi) is 6.05. The van der Waals surface area contributed by atoms with Crippen molar-refractivity contribution in [1.29, 1.82) is 0 Å². The molecule has 3 rings (SSSR count). The van der Waals surface area contributed by atoms with Gasteiger partial charge in [0.2, 0.25) is 0 Å². The molecule has 133 valence electrons. The van der Waals surface area contributed by atoms with Gasteiger partial charge in [-0.3, -0.25) is 0 Å². The molecule has 0 unspecified atom stereocenters. The van der Waals surface area contributed by atoms with Gasteiger partial charge in [0.1, 0.15) is 0 Å². The predicted octanol–water partition coefficient (Wildman–Crippen LogP) is 7.05. The predicted molar refractivity (Wildman–Crippen MR) is 103 cm³/mol. The lowest BCUT2D eigenvalue weighted by Gasteiger charge is -2.28. The lowest BCUT2D eigenvalue weighted by molar-refractivity contribution is 0.509. The van der Waals surface area contributed by atoms with E-state index in [9.17, 15) is 8.78 Å². The first-order chi connectivity index (χ1) is 12.0. The molecule has 0 saturated carbocycles. The van der Waals surface area contributed by atoms with Crippen LogP contribution in [0.5, 0.6) is 0 Å². The second-order valence-corrected chi connectivity index (χ2v) is 10.7. The Labute approximate surface area is 151 Å². The van der Waals surface area contributed by atoms with E-state index in [2.05, 4.69) is 26.0 Å². The Morgan fingerprint density at radius 1 is 0.920 bits per heavy atom. The molecule has 2 aromatic rings. The van der Waals surface area contributed by atoms with Crippen molar-refractivity contribution in [3.63, 3.8) is 0 Å². The highest BCUT2D eigenvalue weighted by Crippen LogP contribution is 2.36. The van der Waals surface area contributed by atoms with Gasteiger partial charge in [-0.1, -0.05) is 68.7 Å². The summed E-state index contributed by atoms with van der Waals surface area (Å²) in [6.07, 6.45) is 4.02. The van der Waals surface area contributed by atoms with Crippen LogP contribution < -0.4 is 0 Å². The average Bonchev–Trinajstić information content (AvgIpc) is 2.63. The van der Waals surface area contributed by atoms with E-state index in [0.29, 0.717) is 5.92 Å². The summed E-state index contributed by atoms with van der Waals surface area (Å²) in [5, 5.41) is 0. The average molecular weight is 358 g/mol. The van der Waals surface area contributed by atoms with Crippen molar-refractivity contribution < 1.29 is 8.78 Å². The lowest BCUT2D eigenvalue weighted by atomic mass is 9.92. The Balaban J connectivity index is 1.60. The van der Waals surface area contributed by atoms with Crippen LogP contribution in [0.2, 0.25) is 18.1 Å². The van der Waals surface area contributed by atoms with Gasteiger partial charge in [0.25, 0.3) is 0 Å². The summed E-state index contributed by atoms with van der Waals surface area (Å²) >= 11 is 0. The van der Waals surface area contributed by atoms with Crippen molar-refractivity contribution in [2.24, 2.45) is 5.92 Å². The Morgan fingerprint density at radius 3 is 2.16 bits per heavy atom. The highest BCUT2D eigenvalue weighted by molar-refractivity contribution is 6.59. The van der Waals surface area contributed by atoms with Crippen LogP contribution >= 0.6 is 0 Å². The van der Waals surface area contributed by atoms with E-state index in [1.165, 1.54) is 55.1 Å². The van der Waals surface area contributed by atoms with E-state index in [4.69, 9.17) is 0 Å². The van der Waals surface area contributed by atoms with Crippen molar-refractivity contribution in [3.8, 4) is 11.1 Å². The Hall–Kier alpha value is -1.48. The summed E-state index contributed by atoms with van der Waals surface area (Å²) < 4.78 is 26.5. The van der Waals surface area contributed by atoms with E-state index >= 15 is 0 Å². The second kappa shape index (κ2) is 8.26. The standard InChI is InChI=1S/C22H27F2Si/c1-16(2)9-12-25-13-10-19(11-14-25)17-3-5-18(6-4-17)20-7-8-21(23)22(24)15-20/h3-8,15-16,19H,9-14H2,1-2H3. The third-order valence-electron chi connectivity index (χ3n) is 5.40. The van der Waals surface area contributed by atoms with Crippen LogP contribution in [0, 0.1) is 17.6 Å². The van der Waals surface area contributed by atoms with Gasteiger partial charge in [0.15, 0.2) is 11.6 Å². The molecule has 1 aliphatic rings.